The van der Waals surface area contributed by atoms with E-state index in [1.165, 1.54) is 6.92 Å². The SMILES string of the molecule is CC(=O)OC[C@@]12CC[C@]34CC[C@](C)(OC3=O)C(C)C4[C@H]1CC[C@@H]1[C@@]3(C)CC[C@@H](OC(C)=O)C(C)(C)C3CC[C@]12C. The van der Waals surface area contributed by atoms with E-state index >= 15 is 0 Å². The molecule has 3 unspecified atom stereocenters. The molecular formula is C34H52O6. The van der Waals surface area contributed by atoms with E-state index in [0.717, 1.165) is 64.2 Å². The fourth-order valence-electron chi connectivity index (χ4n) is 12.8. The second-order valence-electron chi connectivity index (χ2n) is 16.3. The molecule has 1 spiro atoms. The molecule has 6 heteroatoms. The predicted molar refractivity (Wildman–Crippen MR) is 151 cm³/mol. The highest BCUT2D eigenvalue weighted by atomic mass is 16.6. The fourth-order valence-corrected chi connectivity index (χ4v) is 12.8. The molecule has 7 fully saturated rings. The third-order valence-electron chi connectivity index (χ3n) is 14.8. The normalized spacial score (nSPS) is 52.2. The molecule has 0 amide bonds. The van der Waals surface area contributed by atoms with Gasteiger partial charge in [0.2, 0.25) is 0 Å². The van der Waals surface area contributed by atoms with Crippen LogP contribution < -0.4 is 0 Å². The molecule has 5 saturated carbocycles. The highest BCUT2D eigenvalue weighted by Gasteiger charge is 2.76. The minimum absolute atomic E-state index is 0.00377. The van der Waals surface area contributed by atoms with Crippen molar-refractivity contribution in [2.45, 2.75) is 131 Å². The Bertz CT molecular complexity index is 1110. The van der Waals surface area contributed by atoms with E-state index in [1.807, 2.05) is 0 Å². The van der Waals surface area contributed by atoms with Crippen LogP contribution in [0.5, 0.6) is 0 Å². The van der Waals surface area contributed by atoms with Crippen LogP contribution >= 0.6 is 0 Å². The van der Waals surface area contributed by atoms with Gasteiger partial charge in [0.05, 0.1) is 12.0 Å². The van der Waals surface area contributed by atoms with Crippen molar-refractivity contribution < 1.29 is 28.6 Å². The molecule has 0 radical (unpaired) electrons. The monoisotopic (exact) mass is 556 g/mol. The molecular weight excluding hydrogens is 504 g/mol. The molecule has 0 N–H and O–H groups in total. The zero-order valence-electron chi connectivity index (χ0n) is 26.2. The number of carbonyl (C=O) groups is 3. The van der Waals surface area contributed by atoms with Crippen LogP contribution in [0.25, 0.3) is 0 Å². The van der Waals surface area contributed by atoms with Gasteiger partial charge in [0, 0.05) is 24.7 Å². The van der Waals surface area contributed by atoms with Crippen LogP contribution in [0.15, 0.2) is 0 Å². The molecule has 2 heterocycles. The van der Waals surface area contributed by atoms with Crippen LogP contribution in [0, 0.1) is 56.7 Å². The van der Waals surface area contributed by atoms with Crippen molar-refractivity contribution in [2.75, 3.05) is 6.61 Å². The molecule has 40 heavy (non-hydrogen) atoms. The molecule has 11 atom stereocenters. The summed E-state index contributed by atoms with van der Waals surface area (Å²) in [5.41, 5.74) is -0.885. The largest absolute Gasteiger partial charge is 0.465 e. The third kappa shape index (κ3) is 3.43. The lowest BCUT2D eigenvalue weighted by molar-refractivity contribution is -0.299. The summed E-state index contributed by atoms with van der Waals surface area (Å²) in [5.74, 6) is 1.54. The van der Waals surface area contributed by atoms with Crippen LogP contribution in [0.3, 0.4) is 0 Å². The van der Waals surface area contributed by atoms with Crippen LogP contribution in [0.4, 0.5) is 0 Å². The van der Waals surface area contributed by atoms with E-state index in [1.54, 1.807) is 6.92 Å². The summed E-state index contributed by atoms with van der Waals surface area (Å²) >= 11 is 0. The molecule has 0 aromatic heterocycles. The molecule has 2 saturated heterocycles. The molecule has 7 rings (SSSR count). The number of esters is 3. The molecule has 0 aromatic carbocycles. The Morgan fingerprint density at radius 2 is 1.55 bits per heavy atom. The lowest BCUT2D eigenvalue weighted by Crippen LogP contribution is -2.73. The van der Waals surface area contributed by atoms with Crippen LogP contribution in [0.1, 0.15) is 120 Å². The molecule has 0 aromatic rings. The lowest BCUT2D eigenvalue weighted by Gasteiger charge is -2.75. The van der Waals surface area contributed by atoms with Gasteiger partial charge in [-0.1, -0.05) is 34.6 Å². The topological polar surface area (TPSA) is 78.9 Å². The summed E-state index contributed by atoms with van der Waals surface area (Å²) in [7, 11) is 0. The molecule has 2 bridgehead atoms. The van der Waals surface area contributed by atoms with Gasteiger partial charge in [-0.2, -0.15) is 0 Å². The minimum Gasteiger partial charge on any atom is -0.465 e. The maximum atomic E-state index is 13.6. The Morgan fingerprint density at radius 3 is 2.20 bits per heavy atom. The van der Waals surface area contributed by atoms with Crippen molar-refractivity contribution in [1.82, 2.24) is 0 Å². The quantitative estimate of drug-likeness (QED) is 0.279. The second-order valence-corrected chi connectivity index (χ2v) is 16.3. The lowest BCUT2D eigenvalue weighted by atomic mass is 9.30. The summed E-state index contributed by atoms with van der Waals surface area (Å²) < 4.78 is 18.1. The summed E-state index contributed by atoms with van der Waals surface area (Å²) in [5, 5.41) is 0. The van der Waals surface area contributed by atoms with Gasteiger partial charge in [0.1, 0.15) is 11.7 Å². The summed E-state index contributed by atoms with van der Waals surface area (Å²) in [6, 6.07) is 0. The van der Waals surface area contributed by atoms with Gasteiger partial charge in [-0.25, -0.2) is 0 Å². The number of ether oxygens (including phenoxy) is 3. The first-order valence-corrected chi connectivity index (χ1v) is 16.1. The first kappa shape index (κ1) is 28.5. The summed E-state index contributed by atoms with van der Waals surface area (Å²) in [4.78, 5) is 38.0. The van der Waals surface area contributed by atoms with Crippen molar-refractivity contribution in [3.63, 3.8) is 0 Å². The molecule has 224 valence electrons. The first-order chi connectivity index (χ1) is 18.6. The second kappa shape index (κ2) is 8.72. The van der Waals surface area contributed by atoms with Crippen molar-refractivity contribution in [1.29, 1.82) is 0 Å². The predicted octanol–water partition coefficient (Wildman–Crippen LogP) is 6.88. The third-order valence-corrected chi connectivity index (χ3v) is 14.8. The fraction of sp³-hybridized carbons (Fsp3) is 0.912. The van der Waals surface area contributed by atoms with Gasteiger partial charge in [0.15, 0.2) is 0 Å². The number of hydrogen-bond donors (Lipinski definition) is 0. The molecule has 6 nitrogen and oxygen atoms in total. The smallest absolute Gasteiger partial charge is 0.312 e. The van der Waals surface area contributed by atoms with E-state index in [9.17, 15) is 14.4 Å². The highest BCUT2D eigenvalue weighted by Crippen LogP contribution is 2.78. The van der Waals surface area contributed by atoms with Gasteiger partial charge in [-0.05, 0) is 112 Å². The van der Waals surface area contributed by atoms with Gasteiger partial charge in [-0.3, -0.25) is 14.4 Å². The Kier molecular flexibility index (Phi) is 6.22. The average Bonchev–Trinajstić information content (AvgIpc) is 2.86. The average molecular weight is 557 g/mol. The summed E-state index contributed by atoms with van der Waals surface area (Å²) in [6.07, 6.45) is 9.98. The molecule has 7 aliphatic rings. The van der Waals surface area contributed by atoms with E-state index in [0.29, 0.717) is 30.3 Å². The van der Waals surface area contributed by atoms with E-state index in [-0.39, 0.29) is 57.0 Å². The van der Waals surface area contributed by atoms with Crippen LogP contribution in [0.2, 0.25) is 0 Å². The van der Waals surface area contributed by atoms with Crippen LogP contribution in [-0.2, 0) is 28.6 Å². The molecule has 5 aliphatic carbocycles. The van der Waals surface area contributed by atoms with E-state index in [4.69, 9.17) is 14.2 Å². The van der Waals surface area contributed by atoms with E-state index < -0.39 is 5.60 Å². The van der Waals surface area contributed by atoms with Crippen molar-refractivity contribution in [3.05, 3.63) is 0 Å². The first-order valence-electron chi connectivity index (χ1n) is 16.1. The Morgan fingerprint density at radius 1 is 0.850 bits per heavy atom. The molecule has 2 aliphatic heterocycles. The maximum Gasteiger partial charge on any atom is 0.312 e. The zero-order chi connectivity index (χ0) is 29.1. The Labute approximate surface area is 241 Å². The van der Waals surface area contributed by atoms with Crippen molar-refractivity contribution in [3.8, 4) is 0 Å². The van der Waals surface area contributed by atoms with Crippen molar-refractivity contribution in [2.24, 2.45) is 56.7 Å². The van der Waals surface area contributed by atoms with Gasteiger partial charge >= 0.3 is 17.9 Å². The number of rotatable bonds is 3. The van der Waals surface area contributed by atoms with E-state index in [2.05, 4.69) is 41.5 Å². The van der Waals surface area contributed by atoms with Gasteiger partial charge in [-0.15, -0.1) is 0 Å². The Balaban J connectivity index is 1.42. The minimum atomic E-state index is -0.394. The zero-order valence-corrected chi connectivity index (χ0v) is 26.2. The van der Waals surface area contributed by atoms with Crippen LogP contribution in [-0.4, -0.2) is 36.2 Å². The highest BCUT2D eigenvalue weighted by molar-refractivity contribution is 5.80. The number of fused-ring (bicyclic) bond motifs is 7. The maximum absolute atomic E-state index is 13.6. The van der Waals surface area contributed by atoms with Crippen molar-refractivity contribution >= 4 is 17.9 Å². The summed E-state index contributed by atoms with van der Waals surface area (Å²) in [6.45, 7) is 17.7. The number of carbonyl (C=O) groups excluding carboxylic acids is 3. The van der Waals surface area contributed by atoms with Gasteiger partial charge < -0.3 is 14.2 Å². The Hall–Kier alpha value is -1.59. The van der Waals surface area contributed by atoms with Gasteiger partial charge in [0.25, 0.3) is 0 Å². The standard InChI is InChI=1S/C34H52O6/c1-20-27-23-9-10-25-30(6)13-12-26(39-22(3)36)29(4,5)24(30)11-14-31(25,7)34(23,19-38-21(2)35)18-17-33(27)16-15-32(20,8)40-28(33)37/h20,23-27H,9-19H2,1-8H3/t20?,23-,24?,25-,26-,27?,30+,31-,32+,33+,34+/m1/s1. The number of hydrogen-bond acceptors (Lipinski definition) is 6.